The molecule has 3 aromatic rings. The van der Waals surface area contributed by atoms with Crippen LogP contribution in [0.5, 0.6) is 0 Å². The van der Waals surface area contributed by atoms with Crippen LogP contribution < -0.4 is 5.32 Å². The number of rotatable bonds is 5. The van der Waals surface area contributed by atoms with E-state index in [1.807, 2.05) is 42.5 Å². The van der Waals surface area contributed by atoms with Crippen LogP contribution in [0.15, 0.2) is 72.7 Å². The fourth-order valence-electron chi connectivity index (χ4n) is 3.68. The van der Waals surface area contributed by atoms with Gasteiger partial charge < -0.3 is 9.88 Å². The molecule has 1 amide bonds. The number of nitrogens with zero attached hydrogens (tertiary/aromatic N) is 2. The molecule has 0 aliphatic heterocycles. The molecule has 4 nitrogen and oxygen atoms in total. The van der Waals surface area contributed by atoms with E-state index in [2.05, 4.69) is 11.4 Å². The fraction of sp³-hybridized carbons (Fsp3) is 0.259. The van der Waals surface area contributed by atoms with Crippen LogP contribution in [-0.2, 0) is 19.6 Å². The van der Waals surface area contributed by atoms with Gasteiger partial charge in [-0.1, -0.05) is 75.4 Å². The molecule has 0 saturated carbocycles. The molecule has 0 fully saturated rings. The Labute approximate surface area is 197 Å². The number of aromatic nitrogens is 1. The van der Waals surface area contributed by atoms with Gasteiger partial charge in [-0.3, -0.25) is 4.79 Å². The minimum atomic E-state index is -4.67. The minimum Gasteiger partial charge on any atom is -0.356 e. The molecule has 0 atom stereocenters. The second kappa shape index (κ2) is 9.60. The Morgan fingerprint density at radius 3 is 2.09 bits per heavy atom. The van der Waals surface area contributed by atoms with Gasteiger partial charge in [0.1, 0.15) is 6.07 Å². The lowest BCUT2D eigenvalue weighted by Gasteiger charge is -2.26. The van der Waals surface area contributed by atoms with E-state index in [9.17, 15) is 23.2 Å². The number of hydrogen-bond donors (Lipinski definition) is 1. The molecule has 7 heteroatoms. The van der Waals surface area contributed by atoms with E-state index in [0.29, 0.717) is 5.56 Å². The van der Waals surface area contributed by atoms with E-state index < -0.39 is 28.6 Å². The number of benzene rings is 2. The monoisotopic (exact) mass is 465 g/mol. The SMILES string of the molecule is Cn1cc(C(=O)N/C(=C(/C#N)c2ccc(Cc3ccccc3)cc2)C(C)(C)C)c(C(F)(F)F)c1. The lowest BCUT2D eigenvalue weighted by Crippen LogP contribution is -2.32. The number of carbonyl (C=O) groups excluding carboxylic acids is 1. The Hall–Kier alpha value is -3.79. The normalized spacial score (nSPS) is 12.6. The number of nitriles is 1. The van der Waals surface area contributed by atoms with Crippen molar-refractivity contribution in [1.82, 2.24) is 9.88 Å². The number of allylic oxidation sites excluding steroid dienone is 2. The lowest BCUT2D eigenvalue weighted by molar-refractivity contribution is -0.137. The van der Waals surface area contributed by atoms with Crippen LogP contribution in [0.2, 0.25) is 0 Å². The van der Waals surface area contributed by atoms with Gasteiger partial charge in [0.15, 0.2) is 0 Å². The zero-order valence-electron chi connectivity index (χ0n) is 19.5. The molecule has 0 bridgehead atoms. The van der Waals surface area contributed by atoms with Gasteiger partial charge in [-0.05, 0) is 23.1 Å². The predicted molar refractivity (Wildman–Crippen MR) is 126 cm³/mol. The Morgan fingerprint density at radius 2 is 1.56 bits per heavy atom. The first-order valence-corrected chi connectivity index (χ1v) is 10.7. The maximum Gasteiger partial charge on any atom is 0.418 e. The maximum atomic E-state index is 13.4. The highest BCUT2D eigenvalue weighted by molar-refractivity contribution is 5.98. The summed E-state index contributed by atoms with van der Waals surface area (Å²) >= 11 is 0. The van der Waals surface area contributed by atoms with E-state index in [0.717, 1.165) is 29.9 Å². The van der Waals surface area contributed by atoms with E-state index in [1.54, 1.807) is 32.9 Å². The summed E-state index contributed by atoms with van der Waals surface area (Å²) in [4.78, 5) is 12.9. The third-order valence-corrected chi connectivity index (χ3v) is 5.35. The van der Waals surface area contributed by atoms with Crippen molar-refractivity contribution < 1.29 is 18.0 Å². The molecule has 0 aliphatic carbocycles. The van der Waals surface area contributed by atoms with Crippen LogP contribution >= 0.6 is 0 Å². The van der Waals surface area contributed by atoms with Crippen molar-refractivity contribution in [1.29, 1.82) is 5.26 Å². The van der Waals surface area contributed by atoms with Gasteiger partial charge in [-0.25, -0.2) is 0 Å². The number of hydrogen-bond acceptors (Lipinski definition) is 2. The third-order valence-electron chi connectivity index (χ3n) is 5.35. The summed E-state index contributed by atoms with van der Waals surface area (Å²) in [6.45, 7) is 5.37. The molecule has 2 aromatic carbocycles. The average molecular weight is 466 g/mol. The van der Waals surface area contributed by atoms with Crippen molar-refractivity contribution in [2.24, 2.45) is 12.5 Å². The van der Waals surface area contributed by atoms with Crippen molar-refractivity contribution in [3.05, 3.63) is 101 Å². The van der Waals surface area contributed by atoms with Crippen LogP contribution in [-0.4, -0.2) is 10.5 Å². The summed E-state index contributed by atoms with van der Waals surface area (Å²) in [5.74, 6) is -0.911. The molecule has 0 aliphatic rings. The molecule has 176 valence electrons. The summed E-state index contributed by atoms with van der Waals surface area (Å²) in [6, 6.07) is 19.5. The highest BCUT2D eigenvalue weighted by Crippen LogP contribution is 2.34. The van der Waals surface area contributed by atoms with Crippen LogP contribution in [0.25, 0.3) is 5.57 Å². The molecule has 0 spiro atoms. The van der Waals surface area contributed by atoms with Crippen LogP contribution in [0, 0.1) is 16.7 Å². The summed E-state index contributed by atoms with van der Waals surface area (Å²) in [5.41, 5.74) is 1.01. The largest absolute Gasteiger partial charge is 0.418 e. The Balaban J connectivity index is 1.97. The average Bonchev–Trinajstić information content (AvgIpc) is 3.17. The van der Waals surface area contributed by atoms with Gasteiger partial charge in [0.2, 0.25) is 0 Å². The third kappa shape index (κ3) is 5.76. The molecular formula is C27H26F3N3O. The van der Waals surface area contributed by atoms with E-state index in [4.69, 9.17) is 0 Å². The second-order valence-electron chi connectivity index (χ2n) is 9.17. The Kier molecular flexibility index (Phi) is 7.01. The van der Waals surface area contributed by atoms with Crippen LogP contribution in [0.1, 0.15) is 53.4 Å². The number of alkyl halides is 3. The minimum absolute atomic E-state index is 0.205. The smallest absolute Gasteiger partial charge is 0.356 e. The number of aryl methyl sites for hydroxylation is 1. The highest BCUT2D eigenvalue weighted by atomic mass is 19.4. The number of halogens is 3. The topological polar surface area (TPSA) is 57.8 Å². The van der Waals surface area contributed by atoms with Crippen molar-refractivity contribution >= 4 is 11.5 Å². The summed E-state index contributed by atoms with van der Waals surface area (Å²) in [7, 11) is 1.42. The molecule has 1 N–H and O–H groups in total. The maximum absolute atomic E-state index is 13.4. The fourth-order valence-corrected chi connectivity index (χ4v) is 3.68. The van der Waals surface area contributed by atoms with Crippen molar-refractivity contribution in [3.8, 4) is 6.07 Å². The lowest BCUT2D eigenvalue weighted by atomic mass is 9.86. The molecule has 3 rings (SSSR count). The first-order chi connectivity index (χ1) is 15.9. The van der Waals surface area contributed by atoms with Crippen molar-refractivity contribution in [2.45, 2.75) is 33.4 Å². The zero-order valence-corrected chi connectivity index (χ0v) is 19.5. The van der Waals surface area contributed by atoms with Crippen LogP contribution in [0.4, 0.5) is 13.2 Å². The number of nitrogens with one attached hydrogen (secondary N) is 1. The van der Waals surface area contributed by atoms with Gasteiger partial charge in [-0.15, -0.1) is 0 Å². The van der Waals surface area contributed by atoms with E-state index in [-0.39, 0.29) is 11.3 Å². The quantitative estimate of drug-likeness (QED) is 0.447. The summed E-state index contributed by atoms with van der Waals surface area (Å²) < 4.78 is 41.4. The van der Waals surface area contributed by atoms with Gasteiger partial charge in [0.25, 0.3) is 5.91 Å². The molecule has 1 heterocycles. The van der Waals surface area contributed by atoms with Gasteiger partial charge in [0.05, 0.1) is 16.7 Å². The first-order valence-electron chi connectivity index (χ1n) is 10.7. The molecule has 34 heavy (non-hydrogen) atoms. The standard InChI is InChI=1S/C27H26F3N3O/c1-26(2,3)24(32-25(34)22-16-33(4)17-23(22)27(28,29)30)21(15-31)20-12-10-19(11-13-20)14-18-8-6-5-7-9-18/h5-13,16-17H,14H2,1-4H3,(H,32,34)/b24-21-. The number of amides is 1. The molecule has 0 radical (unpaired) electrons. The Bertz CT molecular complexity index is 1240. The summed E-state index contributed by atoms with van der Waals surface area (Å²) in [5, 5.41) is 12.6. The number of carbonyl (C=O) groups is 1. The molecule has 0 unspecified atom stereocenters. The van der Waals surface area contributed by atoms with Gasteiger partial charge in [-0.2, -0.15) is 18.4 Å². The van der Waals surface area contributed by atoms with E-state index >= 15 is 0 Å². The van der Waals surface area contributed by atoms with E-state index in [1.165, 1.54) is 11.6 Å². The molecule has 0 saturated heterocycles. The van der Waals surface area contributed by atoms with Crippen molar-refractivity contribution in [2.75, 3.05) is 0 Å². The van der Waals surface area contributed by atoms with Crippen molar-refractivity contribution in [3.63, 3.8) is 0 Å². The second-order valence-corrected chi connectivity index (χ2v) is 9.17. The molecule has 1 aromatic heterocycles. The first kappa shape index (κ1) is 24.8. The molecular weight excluding hydrogens is 439 g/mol. The van der Waals surface area contributed by atoms with Crippen LogP contribution in [0.3, 0.4) is 0 Å². The van der Waals surface area contributed by atoms with Gasteiger partial charge >= 0.3 is 6.18 Å². The zero-order chi connectivity index (χ0) is 25.1. The Morgan fingerprint density at radius 1 is 0.971 bits per heavy atom. The van der Waals surface area contributed by atoms with Gasteiger partial charge in [0, 0.05) is 30.6 Å². The predicted octanol–water partition coefficient (Wildman–Crippen LogP) is 6.35. The highest BCUT2D eigenvalue weighted by Gasteiger charge is 2.37. The summed E-state index contributed by atoms with van der Waals surface area (Å²) in [6.07, 6.45) is -1.95.